The van der Waals surface area contributed by atoms with E-state index in [1.165, 1.54) is 12.8 Å². The third-order valence-corrected chi connectivity index (χ3v) is 3.91. The minimum Gasteiger partial charge on any atom is -0.468 e. The number of nitrogens with zero attached hydrogens (tertiary/aromatic N) is 1. The van der Waals surface area contributed by atoms with Crippen LogP contribution in [0, 0.1) is 5.41 Å². The summed E-state index contributed by atoms with van der Waals surface area (Å²) in [5.74, 6) is 1.06. The number of hydrogen-bond donors (Lipinski definition) is 1. The number of rotatable bonds is 9. The predicted octanol–water partition coefficient (Wildman–Crippen LogP) is 4.30. The first kappa shape index (κ1) is 18.2. The molecular formula is C18H34N2O. The van der Waals surface area contributed by atoms with Crippen LogP contribution in [0.4, 0.5) is 0 Å². The van der Waals surface area contributed by atoms with Crippen molar-refractivity contribution in [3.05, 3.63) is 24.2 Å². The van der Waals surface area contributed by atoms with Crippen LogP contribution in [0.15, 0.2) is 22.8 Å². The molecule has 0 fully saturated rings. The number of nitrogens with one attached hydrogen (secondary N) is 1. The van der Waals surface area contributed by atoms with Gasteiger partial charge in [-0.05, 0) is 51.3 Å². The average molecular weight is 294 g/mol. The maximum Gasteiger partial charge on any atom is 0.117 e. The van der Waals surface area contributed by atoms with Crippen LogP contribution >= 0.6 is 0 Å². The van der Waals surface area contributed by atoms with E-state index in [2.05, 4.69) is 57.8 Å². The van der Waals surface area contributed by atoms with Gasteiger partial charge in [0.25, 0.3) is 0 Å². The second kappa shape index (κ2) is 8.00. The maximum absolute atomic E-state index is 5.50. The fraction of sp³-hybridized carbons (Fsp3) is 0.778. The predicted molar refractivity (Wildman–Crippen MR) is 90.4 cm³/mol. The van der Waals surface area contributed by atoms with Gasteiger partial charge in [0.1, 0.15) is 5.76 Å². The zero-order valence-corrected chi connectivity index (χ0v) is 14.8. The molecule has 21 heavy (non-hydrogen) atoms. The smallest absolute Gasteiger partial charge is 0.117 e. The minimum atomic E-state index is 0.174. The lowest BCUT2D eigenvalue weighted by Gasteiger charge is -2.37. The van der Waals surface area contributed by atoms with Crippen LogP contribution < -0.4 is 5.32 Å². The van der Waals surface area contributed by atoms with Gasteiger partial charge >= 0.3 is 0 Å². The summed E-state index contributed by atoms with van der Waals surface area (Å²) < 4.78 is 5.50. The normalized spacial score (nSPS) is 15.4. The quantitative estimate of drug-likeness (QED) is 0.736. The van der Waals surface area contributed by atoms with E-state index >= 15 is 0 Å². The summed E-state index contributed by atoms with van der Waals surface area (Å²) in [6.45, 7) is 17.7. The standard InChI is InChI=1S/C18H34N2O/c1-7-11-18(6,14-19-17(3,4)5)15-20(8-2)13-16-10-9-12-21-16/h9-10,12,19H,7-8,11,13-15H2,1-6H3. The molecule has 3 heteroatoms. The van der Waals surface area contributed by atoms with Crippen molar-refractivity contribution in [3.63, 3.8) is 0 Å². The van der Waals surface area contributed by atoms with E-state index in [-0.39, 0.29) is 5.54 Å². The fourth-order valence-corrected chi connectivity index (χ4v) is 2.75. The SMILES string of the molecule is CCCC(C)(CNC(C)(C)C)CN(CC)Cc1ccco1. The van der Waals surface area contributed by atoms with Gasteiger partial charge in [0.15, 0.2) is 0 Å². The fourth-order valence-electron chi connectivity index (χ4n) is 2.75. The monoisotopic (exact) mass is 294 g/mol. The van der Waals surface area contributed by atoms with Crippen molar-refractivity contribution in [1.29, 1.82) is 0 Å². The summed E-state index contributed by atoms with van der Waals surface area (Å²) in [5.41, 5.74) is 0.470. The van der Waals surface area contributed by atoms with Gasteiger partial charge in [-0.1, -0.05) is 27.2 Å². The molecule has 0 spiro atoms. The van der Waals surface area contributed by atoms with Crippen LogP contribution in [0.3, 0.4) is 0 Å². The summed E-state index contributed by atoms with van der Waals surface area (Å²) in [4.78, 5) is 2.48. The average Bonchev–Trinajstić information content (AvgIpc) is 2.88. The van der Waals surface area contributed by atoms with Gasteiger partial charge in [0.2, 0.25) is 0 Å². The molecule has 0 aliphatic rings. The summed E-state index contributed by atoms with van der Waals surface area (Å²) in [7, 11) is 0. The first-order valence-electron chi connectivity index (χ1n) is 8.28. The molecule has 1 unspecified atom stereocenters. The first-order valence-corrected chi connectivity index (χ1v) is 8.28. The molecule has 122 valence electrons. The highest BCUT2D eigenvalue weighted by atomic mass is 16.3. The summed E-state index contributed by atoms with van der Waals surface area (Å²) in [6.07, 6.45) is 4.22. The molecule has 0 aliphatic heterocycles. The highest BCUT2D eigenvalue weighted by Crippen LogP contribution is 2.25. The highest BCUT2D eigenvalue weighted by molar-refractivity contribution is 4.98. The largest absolute Gasteiger partial charge is 0.468 e. The van der Waals surface area contributed by atoms with Crippen LogP contribution in [-0.2, 0) is 6.54 Å². The summed E-state index contributed by atoms with van der Waals surface area (Å²) >= 11 is 0. The van der Waals surface area contributed by atoms with Gasteiger partial charge < -0.3 is 9.73 Å². The molecule has 1 aromatic heterocycles. The lowest BCUT2D eigenvalue weighted by Crippen LogP contribution is -2.47. The van der Waals surface area contributed by atoms with Gasteiger partial charge in [-0.3, -0.25) is 4.90 Å². The Bertz CT molecular complexity index is 380. The molecule has 0 radical (unpaired) electrons. The van der Waals surface area contributed by atoms with Gasteiger partial charge in [-0.25, -0.2) is 0 Å². The van der Waals surface area contributed by atoms with Crippen molar-refractivity contribution in [2.75, 3.05) is 19.6 Å². The van der Waals surface area contributed by atoms with Crippen LogP contribution in [0.1, 0.15) is 60.1 Å². The Morgan fingerprint density at radius 3 is 2.38 bits per heavy atom. The van der Waals surface area contributed by atoms with Gasteiger partial charge in [-0.2, -0.15) is 0 Å². The van der Waals surface area contributed by atoms with Gasteiger partial charge in [0, 0.05) is 18.6 Å². The molecule has 1 aromatic rings. The Balaban J connectivity index is 2.64. The van der Waals surface area contributed by atoms with Crippen molar-refractivity contribution in [2.45, 2.75) is 66.5 Å². The second-order valence-electron chi connectivity index (χ2n) is 7.55. The minimum absolute atomic E-state index is 0.174. The molecule has 1 rings (SSSR count). The Labute approximate surface area is 131 Å². The van der Waals surface area contributed by atoms with Crippen molar-refractivity contribution < 1.29 is 4.42 Å². The molecule has 1 heterocycles. The Morgan fingerprint density at radius 1 is 1.19 bits per heavy atom. The Kier molecular flexibility index (Phi) is 6.95. The van der Waals surface area contributed by atoms with E-state index in [9.17, 15) is 0 Å². The van der Waals surface area contributed by atoms with Crippen LogP contribution in [0.25, 0.3) is 0 Å². The number of furan rings is 1. The molecule has 0 saturated heterocycles. The van der Waals surface area contributed by atoms with E-state index in [0.717, 1.165) is 31.9 Å². The van der Waals surface area contributed by atoms with Crippen molar-refractivity contribution in [1.82, 2.24) is 10.2 Å². The molecule has 1 N–H and O–H groups in total. The van der Waals surface area contributed by atoms with Gasteiger partial charge in [0.05, 0.1) is 12.8 Å². The van der Waals surface area contributed by atoms with Crippen LogP contribution in [0.5, 0.6) is 0 Å². The van der Waals surface area contributed by atoms with E-state index in [1.54, 1.807) is 6.26 Å². The van der Waals surface area contributed by atoms with Crippen LogP contribution in [-0.4, -0.2) is 30.1 Å². The van der Waals surface area contributed by atoms with Gasteiger partial charge in [-0.15, -0.1) is 0 Å². The molecule has 0 amide bonds. The Hall–Kier alpha value is -0.800. The van der Waals surface area contributed by atoms with E-state index in [1.807, 2.05) is 6.07 Å². The van der Waals surface area contributed by atoms with E-state index < -0.39 is 0 Å². The van der Waals surface area contributed by atoms with Crippen molar-refractivity contribution in [2.24, 2.45) is 5.41 Å². The third-order valence-electron chi connectivity index (χ3n) is 3.91. The topological polar surface area (TPSA) is 28.4 Å². The molecule has 0 aromatic carbocycles. The summed E-state index contributed by atoms with van der Waals surface area (Å²) in [5, 5.41) is 3.69. The van der Waals surface area contributed by atoms with E-state index in [4.69, 9.17) is 4.42 Å². The van der Waals surface area contributed by atoms with E-state index in [0.29, 0.717) is 5.41 Å². The van der Waals surface area contributed by atoms with Crippen molar-refractivity contribution in [3.8, 4) is 0 Å². The lowest BCUT2D eigenvalue weighted by molar-refractivity contribution is 0.133. The number of hydrogen-bond acceptors (Lipinski definition) is 3. The maximum atomic E-state index is 5.50. The van der Waals surface area contributed by atoms with Crippen LogP contribution in [0.2, 0.25) is 0 Å². The molecular weight excluding hydrogens is 260 g/mol. The highest BCUT2D eigenvalue weighted by Gasteiger charge is 2.27. The molecule has 1 atom stereocenters. The molecule has 3 nitrogen and oxygen atoms in total. The Morgan fingerprint density at radius 2 is 1.90 bits per heavy atom. The third kappa shape index (κ3) is 7.14. The van der Waals surface area contributed by atoms with Crippen molar-refractivity contribution >= 4 is 0 Å². The molecule has 0 bridgehead atoms. The zero-order chi connectivity index (χ0) is 15.9. The zero-order valence-electron chi connectivity index (χ0n) is 14.8. The first-order chi connectivity index (χ1) is 9.78. The lowest BCUT2D eigenvalue weighted by atomic mass is 9.84. The second-order valence-corrected chi connectivity index (χ2v) is 7.55. The molecule has 0 saturated carbocycles. The molecule has 0 aliphatic carbocycles. The summed E-state index contributed by atoms with van der Waals surface area (Å²) in [6, 6.07) is 4.03.